The molecule has 1 N–H and O–H groups in total. The largest absolute Gasteiger partial charge is 0.464 e. The number of allylic oxidation sites excluding steroid dienone is 1. The van der Waals surface area contributed by atoms with Gasteiger partial charge in [-0.2, -0.15) is 0 Å². The maximum absolute atomic E-state index is 12.0. The molecule has 0 aliphatic heterocycles. The van der Waals surface area contributed by atoms with E-state index in [-0.39, 0.29) is 5.63 Å². The monoisotopic (exact) mass is 361 g/mol. The average Bonchev–Trinajstić information content (AvgIpc) is 3.11. The van der Waals surface area contributed by atoms with E-state index in [0.29, 0.717) is 23.1 Å². The minimum Gasteiger partial charge on any atom is -0.464 e. The van der Waals surface area contributed by atoms with E-state index in [1.54, 1.807) is 19.4 Å². The highest BCUT2D eigenvalue weighted by Gasteiger charge is 2.14. The minimum absolute atomic E-state index is 0.369. The molecule has 0 fully saturated rings. The second-order valence-electron chi connectivity index (χ2n) is 5.87. The van der Waals surface area contributed by atoms with E-state index in [0.717, 1.165) is 27.5 Å². The maximum Gasteiger partial charge on any atom is 0.360 e. The zero-order chi connectivity index (χ0) is 19.4. The third kappa shape index (κ3) is 3.40. The van der Waals surface area contributed by atoms with Crippen LogP contribution in [0.4, 0.5) is 5.69 Å². The maximum atomic E-state index is 12.0. The topological polar surface area (TPSA) is 72.5 Å². The van der Waals surface area contributed by atoms with E-state index in [4.69, 9.17) is 13.6 Å². The first-order valence-corrected chi connectivity index (χ1v) is 8.38. The van der Waals surface area contributed by atoms with Gasteiger partial charge < -0.3 is 14.2 Å². The van der Waals surface area contributed by atoms with E-state index in [9.17, 15) is 4.79 Å². The van der Waals surface area contributed by atoms with Crippen molar-refractivity contribution in [3.63, 3.8) is 0 Å². The van der Waals surface area contributed by atoms with Crippen LogP contribution in [0.1, 0.15) is 5.56 Å². The second kappa shape index (κ2) is 7.74. The van der Waals surface area contributed by atoms with Gasteiger partial charge >= 0.3 is 5.63 Å². The fraction of sp³-hybridized carbons (Fsp3) is 0.0909. The van der Waals surface area contributed by atoms with Crippen molar-refractivity contribution in [1.29, 1.82) is 0 Å². The summed E-state index contributed by atoms with van der Waals surface area (Å²) >= 11 is 0. The first-order chi connectivity index (χ1) is 13.1. The Labute approximate surface area is 155 Å². The summed E-state index contributed by atoms with van der Waals surface area (Å²) in [6.07, 6.45) is 3.57. The normalized spacial score (nSPS) is 10.3. The van der Waals surface area contributed by atoms with Gasteiger partial charge in [0.2, 0.25) is 0 Å². The molecular weight excluding hydrogens is 342 g/mol. The number of fused-ring (bicyclic) bond motifs is 2. The van der Waals surface area contributed by atoms with Gasteiger partial charge in [0.05, 0.1) is 6.26 Å². The summed E-state index contributed by atoms with van der Waals surface area (Å²) < 4.78 is 11.1. The molecule has 0 unspecified atom stereocenters. The van der Waals surface area contributed by atoms with Crippen LogP contribution in [0.2, 0.25) is 0 Å². The van der Waals surface area contributed by atoms with E-state index in [1.807, 2.05) is 43.3 Å². The summed E-state index contributed by atoms with van der Waals surface area (Å²) in [5.41, 5.74) is 4.35. The molecule has 4 aromatic rings. The van der Waals surface area contributed by atoms with Crippen molar-refractivity contribution >= 4 is 33.9 Å². The Balaban J connectivity index is 0.000000481. The third-order valence-electron chi connectivity index (χ3n) is 4.29. The van der Waals surface area contributed by atoms with Crippen molar-refractivity contribution in [2.24, 2.45) is 0 Å². The fourth-order valence-electron chi connectivity index (χ4n) is 3.00. The van der Waals surface area contributed by atoms with Crippen molar-refractivity contribution < 1.29 is 13.6 Å². The van der Waals surface area contributed by atoms with E-state index >= 15 is 0 Å². The van der Waals surface area contributed by atoms with Crippen LogP contribution in [0.15, 0.2) is 75.0 Å². The number of carbonyl (C=O) groups is 1. The van der Waals surface area contributed by atoms with Crippen molar-refractivity contribution in [1.82, 2.24) is 0 Å². The molecule has 5 heteroatoms. The number of benzene rings is 2. The van der Waals surface area contributed by atoms with Crippen LogP contribution in [0.3, 0.4) is 0 Å². The van der Waals surface area contributed by atoms with E-state index in [1.165, 1.54) is 6.08 Å². The number of hydrogen-bond acceptors (Lipinski definition) is 5. The lowest BCUT2D eigenvalue weighted by Crippen LogP contribution is -2.09. The number of aryl methyl sites for hydroxylation is 1. The Morgan fingerprint density at radius 1 is 1.07 bits per heavy atom. The van der Waals surface area contributed by atoms with Gasteiger partial charge in [0.15, 0.2) is 0 Å². The summed E-state index contributed by atoms with van der Waals surface area (Å²) in [6, 6.07) is 13.9. The Morgan fingerprint density at radius 3 is 2.41 bits per heavy atom. The van der Waals surface area contributed by atoms with Crippen LogP contribution in [0.25, 0.3) is 33.1 Å². The summed E-state index contributed by atoms with van der Waals surface area (Å²) in [5.74, 6) is 0. The minimum atomic E-state index is -0.369. The molecule has 0 aliphatic rings. The van der Waals surface area contributed by atoms with Crippen LogP contribution in [0, 0.1) is 6.92 Å². The summed E-state index contributed by atoms with van der Waals surface area (Å²) in [4.78, 5) is 21.0. The number of aldehydes is 1. The lowest BCUT2D eigenvalue weighted by Gasteiger charge is -2.07. The van der Waals surface area contributed by atoms with Crippen LogP contribution >= 0.6 is 0 Å². The SMILES string of the molecule is C=CC=O.CNc1c(C)c2cc3c(-c4ccccc4)coc3cc2oc1=O. The fourth-order valence-corrected chi connectivity index (χ4v) is 3.00. The first kappa shape index (κ1) is 18.2. The molecule has 0 saturated carbocycles. The molecule has 5 nitrogen and oxygen atoms in total. The summed E-state index contributed by atoms with van der Waals surface area (Å²) in [6.45, 7) is 5.03. The van der Waals surface area contributed by atoms with Crippen molar-refractivity contribution in [3.05, 3.63) is 77.4 Å². The molecule has 0 aliphatic carbocycles. The molecule has 2 aromatic heterocycles. The zero-order valence-electron chi connectivity index (χ0n) is 15.1. The van der Waals surface area contributed by atoms with Gasteiger partial charge in [-0.3, -0.25) is 4.79 Å². The number of hydrogen-bond donors (Lipinski definition) is 1. The first-order valence-electron chi connectivity index (χ1n) is 8.38. The number of rotatable bonds is 3. The highest BCUT2D eigenvalue weighted by Crippen LogP contribution is 2.34. The zero-order valence-corrected chi connectivity index (χ0v) is 15.1. The highest BCUT2D eigenvalue weighted by molar-refractivity contribution is 6.02. The molecule has 136 valence electrons. The molecule has 0 amide bonds. The highest BCUT2D eigenvalue weighted by atomic mass is 16.4. The molecule has 2 heterocycles. The molecule has 4 rings (SSSR count). The average molecular weight is 361 g/mol. The molecule has 0 radical (unpaired) electrons. The van der Waals surface area contributed by atoms with Gasteiger partial charge in [0, 0.05) is 29.4 Å². The molecule has 0 saturated heterocycles. The number of anilines is 1. The Hall–Kier alpha value is -3.60. The Bertz CT molecular complexity index is 1160. The number of carbonyl (C=O) groups excluding carboxylic acids is 1. The second-order valence-corrected chi connectivity index (χ2v) is 5.87. The van der Waals surface area contributed by atoms with Crippen LogP contribution in [-0.4, -0.2) is 13.3 Å². The van der Waals surface area contributed by atoms with Gasteiger partial charge in [-0.05, 0) is 30.2 Å². The molecule has 0 spiro atoms. The summed E-state index contributed by atoms with van der Waals surface area (Å²) in [5, 5.41) is 4.82. The van der Waals surface area contributed by atoms with Crippen molar-refractivity contribution in [2.45, 2.75) is 6.92 Å². The van der Waals surface area contributed by atoms with Gasteiger partial charge in [-0.15, -0.1) is 0 Å². The van der Waals surface area contributed by atoms with E-state index < -0.39 is 0 Å². The quantitative estimate of drug-likeness (QED) is 0.318. The van der Waals surface area contributed by atoms with E-state index in [2.05, 4.69) is 11.9 Å². The third-order valence-corrected chi connectivity index (χ3v) is 4.29. The predicted molar refractivity (Wildman–Crippen MR) is 108 cm³/mol. The van der Waals surface area contributed by atoms with Crippen LogP contribution in [0.5, 0.6) is 0 Å². The lowest BCUT2D eigenvalue weighted by molar-refractivity contribution is -0.104. The Morgan fingerprint density at radius 2 is 1.78 bits per heavy atom. The lowest BCUT2D eigenvalue weighted by atomic mass is 10.0. The molecule has 0 bridgehead atoms. The van der Waals surface area contributed by atoms with Crippen LogP contribution in [-0.2, 0) is 4.79 Å². The predicted octanol–water partition coefficient (Wildman–Crippen LogP) is 4.93. The molecular formula is C22H19NO4. The Kier molecular flexibility index (Phi) is 5.22. The summed E-state index contributed by atoms with van der Waals surface area (Å²) in [7, 11) is 1.72. The van der Waals surface area contributed by atoms with Crippen molar-refractivity contribution in [3.8, 4) is 11.1 Å². The van der Waals surface area contributed by atoms with Gasteiger partial charge in [0.1, 0.15) is 23.1 Å². The standard InChI is InChI=1S/C19H15NO3.C3H4O/c1-11-13-8-14-15(12-6-4-3-5-7-12)10-22-16(14)9-17(13)23-19(21)18(11)20-2;1-2-3-4/h3-10,20H,1-2H3;2-3H,1H2. The number of nitrogens with one attached hydrogen (secondary N) is 1. The molecule has 27 heavy (non-hydrogen) atoms. The number of furan rings is 1. The molecule has 0 atom stereocenters. The smallest absolute Gasteiger partial charge is 0.360 e. The van der Waals surface area contributed by atoms with Gasteiger partial charge in [0.25, 0.3) is 0 Å². The van der Waals surface area contributed by atoms with Crippen LogP contribution < -0.4 is 10.9 Å². The van der Waals surface area contributed by atoms with Gasteiger partial charge in [-0.25, -0.2) is 4.79 Å². The van der Waals surface area contributed by atoms with Crippen molar-refractivity contribution in [2.75, 3.05) is 12.4 Å². The van der Waals surface area contributed by atoms with Gasteiger partial charge in [-0.1, -0.05) is 36.9 Å². The molecule has 2 aromatic carbocycles.